The van der Waals surface area contributed by atoms with E-state index in [1.165, 1.54) is 6.07 Å². The molecule has 0 saturated carbocycles. The van der Waals surface area contributed by atoms with Gasteiger partial charge >= 0.3 is 6.18 Å². The lowest BCUT2D eigenvalue weighted by Gasteiger charge is -2.11. The highest BCUT2D eigenvalue weighted by Crippen LogP contribution is 2.33. The molecule has 0 amide bonds. The zero-order valence-corrected chi connectivity index (χ0v) is 14.3. The van der Waals surface area contributed by atoms with E-state index in [1.807, 2.05) is 6.07 Å². The Morgan fingerprint density at radius 2 is 1.54 bits per heavy atom. The number of hydrogen-bond donors (Lipinski definition) is 0. The smallest absolute Gasteiger partial charge is 0.265 e. The molecule has 0 bridgehead atoms. The van der Waals surface area contributed by atoms with Gasteiger partial charge in [0.2, 0.25) is 0 Å². The van der Waals surface area contributed by atoms with Gasteiger partial charge in [-0.25, -0.2) is 9.97 Å². The average Bonchev–Trinajstić information content (AvgIpc) is 2.74. The topological polar surface area (TPSA) is 64.5 Å². The lowest BCUT2D eigenvalue weighted by atomic mass is 10.0. The van der Waals surface area contributed by atoms with Crippen LogP contribution in [-0.2, 0) is 6.18 Å². The zero-order chi connectivity index (χ0) is 19.6. The van der Waals surface area contributed by atoms with Crippen LogP contribution >= 0.6 is 0 Å². The predicted molar refractivity (Wildman–Crippen MR) is 96.7 cm³/mol. The highest BCUT2D eigenvalue weighted by atomic mass is 19.4. The van der Waals surface area contributed by atoms with Crippen molar-refractivity contribution in [2.24, 2.45) is 0 Å². The molecule has 8 heteroatoms. The van der Waals surface area contributed by atoms with Crippen LogP contribution in [0.1, 0.15) is 5.69 Å². The number of alkyl halides is 3. The summed E-state index contributed by atoms with van der Waals surface area (Å²) in [6, 6.07) is 11.2. The fraction of sp³-hybridized carbons (Fsp3) is 0.0500. The second-order valence-electron chi connectivity index (χ2n) is 5.84. The van der Waals surface area contributed by atoms with Crippen molar-refractivity contribution < 1.29 is 13.2 Å². The molecule has 28 heavy (non-hydrogen) atoms. The van der Waals surface area contributed by atoms with E-state index in [4.69, 9.17) is 0 Å². The van der Waals surface area contributed by atoms with Gasteiger partial charge in [0.1, 0.15) is 11.4 Å². The summed E-state index contributed by atoms with van der Waals surface area (Å²) in [5.41, 5.74) is 1.95. The number of aromatic nitrogens is 5. The minimum atomic E-state index is -4.50. The van der Waals surface area contributed by atoms with E-state index in [-0.39, 0.29) is 0 Å². The maximum atomic E-state index is 12.8. The van der Waals surface area contributed by atoms with Crippen LogP contribution in [0.4, 0.5) is 13.2 Å². The molecule has 0 aliphatic rings. The first-order valence-corrected chi connectivity index (χ1v) is 8.25. The maximum absolute atomic E-state index is 12.8. The van der Waals surface area contributed by atoms with Crippen LogP contribution in [0, 0.1) is 0 Å². The molecule has 0 aliphatic heterocycles. The number of halogens is 3. The molecule has 4 heterocycles. The molecule has 0 radical (unpaired) electrons. The molecule has 0 spiro atoms. The van der Waals surface area contributed by atoms with Gasteiger partial charge in [-0.05, 0) is 42.0 Å². The Labute approximate surface area is 158 Å². The van der Waals surface area contributed by atoms with Gasteiger partial charge in [-0.1, -0.05) is 6.07 Å². The quantitative estimate of drug-likeness (QED) is 0.517. The van der Waals surface area contributed by atoms with Gasteiger partial charge in [-0.2, -0.15) is 13.2 Å². The highest BCUT2D eigenvalue weighted by molar-refractivity contribution is 5.80. The highest BCUT2D eigenvalue weighted by Gasteiger charge is 2.32. The van der Waals surface area contributed by atoms with E-state index in [2.05, 4.69) is 24.9 Å². The van der Waals surface area contributed by atoms with Crippen LogP contribution < -0.4 is 0 Å². The van der Waals surface area contributed by atoms with Crippen LogP contribution in [0.3, 0.4) is 0 Å². The number of pyridine rings is 3. The fourth-order valence-electron chi connectivity index (χ4n) is 2.66. The van der Waals surface area contributed by atoms with Crippen molar-refractivity contribution in [3.8, 4) is 33.9 Å². The standard InChI is InChI=1S/C20H12F3N5/c21-20(22,23)17-5-4-14(11-26-17)18-15(13-6-9-24-10-7-13)12-27-19(28-18)16-3-1-2-8-25-16/h1-12H. The number of nitrogens with zero attached hydrogens (tertiary/aromatic N) is 5. The third-order valence-electron chi connectivity index (χ3n) is 4.00. The molecule has 138 valence electrons. The van der Waals surface area contributed by atoms with Crippen molar-refractivity contribution in [3.05, 3.63) is 79.1 Å². The second kappa shape index (κ2) is 7.15. The minimum absolute atomic E-state index is 0.369. The molecule has 0 fully saturated rings. The van der Waals surface area contributed by atoms with Gasteiger partial charge in [0.15, 0.2) is 5.82 Å². The molecular formula is C20H12F3N5. The molecule has 4 rings (SSSR count). The largest absolute Gasteiger partial charge is 0.433 e. The Hall–Kier alpha value is -3.68. The predicted octanol–water partition coefficient (Wildman–Crippen LogP) is 4.68. The molecular weight excluding hydrogens is 367 g/mol. The molecule has 0 atom stereocenters. The first kappa shape index (κ1) is 17.7. The molecule has 4 aromatic rings. The molecule has 0 N–H and O–H groups in total. The summed E-state index contributed by atoms with van der Waals surface area (Å²) in [5.74, 6) is 0.369. The first-order valence-electron chi connectivity index (χ1n) is 8.25. The summed E-state index contributed by atoms with van der Waals surface area (Å²) in [4.78, 5) is 20.7. The summed E-state index contributed by atoms with van der Waals surface area (Å²) in [5, 5.41) is 0. The Bertz CT molecular complexity index is 1080. The van der Waals surface area contributed by atoms with Crippen LogP contribution in [0.2, 0.25) is 0 Å². The summed E-state index contributed by atoms with van der Waals surface area (Å²) in [6.07, 6.45) is 3.15. The zero-order valence-electron chi connectivity index (χ0n) is 14.3. The maximum Gasteiger partial charge on any atom is 0.433 e. The van der Waals surface area contributed by atoms with Crippen LogP contribution in [-0.4, -0.2) is 24.9 Å². The summed E-state index contributed by atoms with van der Waals surface area (Å²) in [6.45, 7) is 0. The lowest BCUT2D eigenvalue weighted by Crippen LogP contribution is -2.07. The lowest BCUT2D eigenvalue weighted by molar-refractivity contribution is -0.141. The Balaban J connectivity index is 1.87. The van der Waals surface area contributed by atoms with E-state index in [9.17, 15) is 13.2 Å². The summed E-state index contributed by atoms with van der Waals surface area (Å²) < 4.78 is 38.5. The van der Waals surface area contributed by atoms with Crippen molar-refractivity contribution in [2.45, 2.75) is 6.18 Å². The summed E-state index contributed by atoms with van der Waals surface area (Å²) in [7, 11) is 0. The molecule has 0 saturated heterocycles. The van der Waals surface area contributed by atoms with E-state index in [0.717, 1.165) is 17.8 Å². The molecule has 5 nitrogen and oxygen atoms in total. The molecule has 0 aromatic carbocycles. The molecule has 0 aliphatic carbocycles. The minimum Gasteiger partial charge on any atom is -0.265 e. The van der Waals surface area contributed by atoms with Crippen LogP contribution in [0.5, 0.6) is 0 Å². The first-order chi connectivity index (χ1) is 13.5. The van der Waals surface area contributed by atoms with Gasteiger partial charge < -0.3 is 0 Å². The monoisotopic (exact) mass is 379 g/mol. The third kappa shape index (κ3) is 3.57. The Morgan fingerprint density at radius 3 is 2.18 bits per heavy atom. The fourth-order valence-corrected chi connectivity index (χ4v) is 2.66. The number of rotatable bonds is 3. The average molecular weight is 379 g/mol. The Morgan fingerprint density at radius 1 is 0.714 bits per heavy atom. The summed E-state index contributed by atoms with van der Waals surface area (Å²) >= 11 is 0. The normalized spacial score (nSPS) is 11.4. The van der Waals surface area contributed by atoms with Crippen molar-refractivity contribution in [1.82, 2.24) is 24.9 Å². The molecule has 4 aromatic heterocycles. The van der Waals surface area contributed by atoms with Gasteiger partial charge in [-0.3, -0.25) is 15.0 Å². The molecule has 0 unspecified atom stereocenters. The Kier molecular flexibility index (Phi) is 4.52. The van der Waals surface area contributed by atoms with Gasteiger partial charge in [0.25, 0.3) is 0 Å². The van der Waals surface area contributed by atoms with E-state index in [0.29, 0.717) is 28.3 Å². The van der Waals surface area contributed by atoms with Crippen molar-refractivity contribution in [1.29, 1.82) is 0 Å². The van der Waals surface area contributed by atoms with Gasteiger partial charge in [-0.15, -0.1) is 0 Å². The van der Waals surface area contributed by atoms with Crippen LogP contribution in [0.15, 0.2) is 73.4 Å². The van der Waals surface area contributed by atoms with Gasteiger partial charge in [0.05, 0.1) is 5.69 Å². The van der Waals surface area contributed by atoms with E-state index >= 15 is 0 Å². The van der Waals surface area contributed by atoms with E-state index < -0.39 is 11.9 Å². The van der Waals surface area contributed by atoms with Crippen molar-refractivity contribution in [3.63, 3.8) is 0 Å². The second-order valence-corrected chi connectivity index (χ2v) is 5.84. The SMILES string of the molecule is FC(F)(F)c1ccc(-c2nc(-c3ccccn3)ncc2-c2ccncc2)cn1. The van der Waals surface area contributed by atoms with Gasteiger partial charge in [0, 0.05) is 42.1 Å². The third-order valence-corrected chi connectivity index (χ3v) is 4.00. The van der Waals surface area contributed by atoms with Crippen molar-refractivity contribution >= 4 is 0 Å². The van der Waals surface area contributed by atoms with Crippen molar-refractivity contribution in [2.75, 3.05) is 0 Å². The number of hydrogen-bond acceptors (Lipinski definition) is 5. The van der Waals surface area contributed by atoms with Crippen LogP contribution in [0.25, 0.3) is 33.9 Å². The van der Waals surface area contributed by atoms with E-state index in [1.54, 1.807) is 49.1 Å².